The van der Waals surface area contributed by atoms with Crippen LogP contribution in [0.4, 0.5) is 5.82 Å². The molecule has 0 saturated carbocycles. The SMILES string of the molecule is CC(C)c1ccc(C(=O)N(C)[C@@H]2CCCN(c3ccccn3)C2)c(=O)[nH]1. The molecule has 0 radical (unpaired) electrons. The van der Waals surface area contributed by atoms with Gasteiger partial charge in [-0.25, -0.2) is 4.98 Å². The molecule has 0 aliphatic carbocycles. The normalized spacial score (nSPS) is 17.4. The molecular weight excluding hydrogens is 328 g/mol. The summed E-state index contributed by atoms with van der Waals surface area (Å²) >= 11 is 0. The molecule has 1 fully saturated rings. The van der Waals surface area contributed by atoms with Gasteiger partial charge in [0, 0.05) is 38.1 Å². The summed E-state index contributed by atoms with van der Waals surface area (Å²) in [4.78, 5) is 36.3. The Morgan fingerprint density at radius 2 is 2.12 bits per heavy atom. The van der Waals surface area contributed by atoms with Gasteiger partial charge in [-0.3, -0.25) is 9.59 Å². The third-order valence-electron chi connectivity index (χ3n) is 5.02. The van der Waals surface area contributed by atoms with Gasteiger partial charge in [-0.2, -0.15) is 0 Å². The Morgan fingerprint density at radius 1 is 1.31 bits per heavy atom. The van der Waals surface area contributed by atoms with E-state index in [-0.39, 0.29) is 29.0 Å². The number of amides is 1. The van der Waals surface area contributed by atoms with E-state index in [9.17, 15) is 9.59 Å². The van der Waals surface area contributed by atoms with E-state index < -0.39 is 0 Å². The molecule has 1 aliphatic rings. The van der Waals surface area contributed by atoms with Crippen LogP contribution in [-0.2, 0) is 0 Å². The second kappa shape index (κ2) is 7.72. The van der Waals surface area contributed by atoms with Crippen molar-refractivity contribution in [3.63, 3.8) is 0 Å². The van der Waals surface area contributed by atoms with E-state index in [1.807, 2.05) is 38.1 Å². The molecule has 2 aromatic heterocycles. The van der Waals surface area contributed by atoms with Crippen LogP contribution in [0, 0.1) is 0 Å². The number of hydrogen-bond acceptors (Lipinski definition) is 4. The van der Waals surface area contributed by atoms with E-state index in [4.69, 9.17) is 0 Å². The molecule has 1 atom stereocenters. The number of anilines is 1. The molecule has 3 heterocycles. The Balaban J connectivity index is 1.75. The van der Waals surface area contributed by atoms with Crippen molar-refractivity contribution in [1.82, 2.24) is 14.9 Å². The van der Waals surface area contributed by atoms with E-state index in [1.165, 1.54) is 0 Å². The molecule has 3 rings (SSSR count). The average molecular weight is 354 g/mol. The van der Waals surface area contributed by atoms with Crippen LogP contribution in [0.3, 0.4) is 0 Å². The first-order valence-corrected chi connectivity index (χ1v) is 9.13. The smallest absolute Gasteiger partial charge is 0.261 e. The topological polar surface area (TPSA) is 69.3 Å². The lowest BCUT2D eigenvalue weighted by molar-refractivity contribution is 0.0715. The van der Waals surface area contributed by atoms with Gasteiger partial charge in [0.1, 0.15) is 11.4 Å². The number of H-pyrrole nitrogens is 1. The molecule has 0 aromatic carbocycles. The van der Waals surface area contributed by atoms with Crippen LogP contribution in [0.5, 0.6) is 0 Å². The second-order valence-electron chi connectivity index (χ2n) is 7.16. The summed E-state index contributed by atoms with van der Waals surface area (Å²) in [6, 6.07) is 9.38. The fraction of sp³-hybridized carbons (Fsp3) is 0.450. The highest BCUT2D eigenvalue weighted by Crippen LogP contribution is 2.21. The summed E-state index contributed by atoms with van der Waals surface area (Å²) in [5, 5.41) is 0. The largest absolute Gasteiger partial charge is 0.355 e. The molecule has 26 heavy (non-hydrogen) atoms. The summed E-state index contributed by atoms with van der Waals surface area (Å²) in [6.07, 6.45) is 3.69. The Bertz CT molecular complexity index is 816. The number of aromatic nitrogens is 2. The summed E-state index contributed by atoms with van der Waals surface area (Å²) in [6.45, 7) is 5.67. The number of carbonyl (C=O) groups is 1. The van der Waals surface area contributed by atoms with Crippen molar-refractivity contribution >= 4 is 11.7 Å². The third kappa shape index (κ3) is 3.79. The first kappa shape index (κ1) is 18.2. The van der Waals surface area contributed by atoms with Crippen LogP contribution in [0.15, 0.2) is 41.3 Å². The minimum Gasteiger partial charge on any atom is -0.355 e. The van der Waals surface area contributed by atoms with Crippen molar-refractivity contribution in [2.24, 2.45) is 0 Å². The van der Waals surface area contributed by atoms with Crippen LogP contribution in [0.25, 0.3) is 0 Å². The Morgan fingerprint density at radius 3 is 2.77 bits per heavy atom. The molecule has 6 nitrogen and oxygen atoms in total. The standard InChI is InChI=1S/C20H26N4O2/c1-14(2)17-10-9-16(19(25)22-17)20(26)23(3)15-7-6-12-24(13-15)18-8-4-5-11-21-18/h4-5,8-11,14-15H,6-7,12-13H2,1-3H3,(H,22,25)/t15-/m1/s1. The third-order valence-corrected chi connectivity index (χ3v) is 5.02. The number of nitrogens with zero attached hydrogens (tertiary/aromatic N) is 3. The number of aromatic amines is 1. The molecule has 0 unspecified atom stereocenters. The van der Waals surface area contributed by atoms with Crippen LogP contribution >= 0.6 is 0 Å². The summed E-state index contributed by atoms with van der Waals surface area (Å²) in [7, 11) is 1.78. The Kier molecular flexibility index (Phi) is 5.40. The molecule has 0 spiro atoms. The number of likely N-dealkylation sites (N-methyl/N-ethyl adjacent to an activating group) is 1. The Labute approximate surface area is 153 Å². The van der Waals surface area contributed by atoms with E-state index in [0.717, 1.165) is 37.4 Å². The van der Waals surface area contributed by atoms with Crippen molar-refractivity contribution in [1.29, 1.82) is 0 Å². The van der Waals surface area contributed by atoms with Gasteiger partial charge in [0.25, 0.3) is 11.5 Å². The first-order valence-electron chi connectivity index (χ1n) is 9.13. The fourth-order valence-corrected chi connectivity index (χ4v) is 3.37. The van der Waals surface area contributed by atoms with Crippen molar-refractivity contribution in [2.45, 2.75) is 38.6 Å². The molecule has 6 heteroatoms. The summed E-state index contributed by atoms with van der Waals surface area (Å²) in [5.41, 5.74) is 0.727. The maximum Gasteiger partial charge on any atom is 0.261 e. The van der Waals surface area contributed by atoms with Crippen LogP contribution in [0.1, 0.15) is 48.7 Å². The van der Waals surface area contributed by atoms with Gasteiger partial charge < -0.3 is 14.8 Å². The number of nitrogens with one attached hydrogen (secondary N) is 1. The summed E-state index contributed by atoms with van der Waals surface area (Å²) < 4.78 is 0. The van der Waals surface area contributed by atoms with E-state index in [2.05, 4.69) is 14.9 Å². The number of piperidine rings is 1. The number of rotatable bonds is 4. The van der Waals surface area contributed by atoms with E-state index in [1.54, 1.807) is 24.2 Å². The number of hydrogen-bond donors (Lipinski definition) is 1. The Hall–Kier alpha value is -2.63. The minimum absolute atomic E-state index is 0.0578. The van der Waals surface area contributed by atoms with Gasteiger partial charge in [-0.1, -0.05) is 19.9 Å². The maximum absolute atomic E-state index is 12.9. The van der Waals surface area contributed by atoms with Gasteiger partial charge in [0.05, 0.1) is 0 Å². The quantitative estimate of drug-likeness (QED) is 0.916. The highest BCUT2D eigenvalue weighted by Gasteiger charge is 2.28. The predicted molar refractivity (Wildman–Crippen MR) is 103 cm³/mol. The monoisotopic (exact) mass is 354 g/mol. The lowest BCUT2D eigenvalue weighted by Gasteiger charge is -2.38. The molecule has 138 valence electrons. The first-order chi connectivity index (χ1) is 12.5. The lowest BCUT2D eigenvalue weighted by Crippen LogP contribution is -2.49. The number of pyridine rings is 2. The molecule has 0 bridgehead atoms. The van der Waals surface area contributed by atoms with E-state index >= 15 is 0 Å². The molecule has 1 amide bonds. The molecule has 2 aromatic rings. The zero-order chi connectivity index (χ0) is 18.7. The van der Waals surface area contributed by atoms with Crippen molar-refractivity contribution in [2.75, 3.05) is 25.0 Å². The molecule has 1 saturated heterocycles. The highest BCUT2D eigenvalue weighted by molar-refractivity contribution is 5.94. The van der Waals surface area contributed by atoms with E-state index in [0.29, 0.717) is 0 Å². The summed E-state index contributed by atoms with van der Waals surface area (Å²) in [5.74, 6) is 0.918. The van der Waals surface area contributed by atoms with Crippen LogP contribution in [0.2, 0.25) is 0 Å². The van der Waals surface area contributed by atoms with Gasteiger partial charge in [-0.15, -0.1) is 0 Å². The van der Waals surface area contributed by atoms with Gasteiger partial charge >= 0.3 is 0 Å². The second-order valence-corrected chi connectivity index (χ2v) is 7.16. The van der Waals surface area contributed by atoms with Crippen molar-refractivity contribution < 1.29 is 4.79 Å². The molecule has 1 aliphatic heterocycles. The predicted octanol–water partition coefficient (Wildman–Crippen LogP) is 2.63. The zero-order valence-electron chi connectivity index (χ0n) is 15.6. The maximum atomic E-state index is 12.9. The van der Waals surface area contributed by atoms with Gasteiger partial charge in [0.15, 0.2) is 0 Å². The number of carbonyl (C=O) groups excluding carboxylic acids is 1. The van der Waals surface area contributed by atoms with Crippen molar-refractivity contribution in [3.05, 3.63) is 58.1 Å². The fourth-order valence-electron chi connectivity index (χ4n) is 3.37. The molecular formula is C20H26N4O2. The lowest BCUT2D eigenvalue weighted by atomic mass is 10.0. The van der Waals surface area contributed by atoms with Crippen LogP contribution in [-0.4, -0.2) is 47.0 Å². The highest BCUT2D eigenvalue weighted by atomic mass is 16.2. The van der Waals surface area contributed by atoms with Crippen LogP contribution < -0.4 is 10.5 Å². The minimum atomic E-state index is -0.314. The van der Waals surface area contributed by atoms with Gasteiger partial charge in [-0.05, 0) is 43.0 Å². The average Bonchev–Trinajstić information content (AvgIpc) is 2.67. The zero-order valence-corrected chi connectivity index (χ0v) is 15.6. The van der Waals surface area contributed by atoms with Gasteiger partial charge in [0.2, 0.25) is 0 Å². The molecule has 1 N–H and O–H groups in total. The van der Waals surface area contributed by atoms with Crippen molar-refractivity contribution in [3.8, 4) is 0 Å².